The number of sulfone groups is 1. The van der Waals surface area contributed by atoms with Gasteiger partial charge in [0.05, 0.1) is 33.4 Å². The summed E-state index contributed by atoms with van der Waals surface area (Å²) in [5, 5.41) is 7.98. The van der Waals surface area contributed by atoms with Gasteiger partial charge >= 0.3 is 0 Å². The molecule has 1 aliphatic carbocycles. The fourth-order valence-corrected chi connectivity index (χ4v) is 6.12. The van der Waals surface area contributed by atoms with E-state index in [-0.39, 0.29) is 17.0 Å². The van der Waals surface area contributed by atoms with Gasteiger partial charge in [0.1, 0.15) is 5.69 Å². The monoisotopic (exact) mass is 525 g/mol. The molecule has 0 unspecified atom stereocenters. The number of hydrogen-bond donors (Lipinski definition) is 1. The molecule has 1 aromatic carbocycles. The minimum Gasteiger partial charge on any atom is -0.353 e. The SMILES string of the molecule is CS(=O)(=O)c1cc(C2CC2)ccc1Nc1cc(Cc2cc3n(n2)CCCCC3)nc2c1N=C(C(F)F)C2. The van der Waals surface area contributed by atoms with E-state index in [1.54, 1.807) is 18.2 Å². The summed E-state index contributed by atoms with van der Waals surface area (Å²) in [6, 6.07) is 9.30. The molecule has 3 aliphatic rings. The Labute approximate surface area is 215 Å². The number of alkyl halides is 2. The van der Waals surface area contributed by atoms with Crippen LogP contribution in [0.15, 0.2) is 40.2 Å². The molecular formula is C27H29F2N5O2S. The number of anilines is 2. The second-order valence-corrected chi connectivity index (χ2v) is 12.3. The van der Waals surface area contributed by atoms with Gasteiger partial charge in [-0.05, 0) is 67.9 Å². The average molecular weight is 526 g/mol. The van der Waals surface area contributed by atoms with E-state index in [1.165, 1.54) is 18.4 Å². The van der Waals surface area contributed by atoms with Gasteiger partial charge < -0.3 is 5.32 Å². The molecule has 0 saturated heterocycles. The molecule has 0 bridgehead atoms. The normalized spacial score (nSPS) is 17.4. The maximum Gasteiger partial charge on any atom is 0.277 e. The van der Waals surface area contributed by atoms with Crippen LogP contribution in [0.4, 0.5) is 25.8 Å². The highest BCUT2D eigenvalue weighted by atomic mass is 32.2. The predicted octanol–water partition coefficient (Wildman–Crippen LogP) is 5.51. The molecule has 0 radical (unpaired) electrons. The summed E-state index contributed by atoms with van der Waals surface area (Å²) in [5.41, 5.74) is 5.22. The van der Waals surface area contributed by atoms with Crippen molar-refractivity contribution in [2.45, 2.75) is 75.2 Å². The molecule has 2 aromatic heterocycles. The highest BCUT2D eigenvalue weighted by molar-refractivity contribution is 7.90. The van der Waals surface area contributed by atoms with Gasteiger partial charge in [0.25, 0.3) is 6.43 Å². The van der Waals surface area contributed by atoms with E-state index >= 15 is 0 Å². The summed E-state index contributed by atoms with van der Waals surface area (Å²) >= 11 is 0. The molecular weight excluding hydrogens is 496 g/mol. The van der Waals surface area contributed by atoms with Gasteiger partial charge in [0.15, 0.2) is 9.84 Å². The summed E-state index contributed by atoms with van der Waals surface area (Å²) in [6.07, 6.45) is 5.47. The van der Waals surface area contributed by atoms with Crippen molar-refractivity contribution in [3.05, 3.63) is 58.7 Å². The van der Waals surface area contributed by atoms with E-state index < -0.39 is 16.3 Å². The molecule has 37 heavy (non-hydrogen) atoms. The molecule has 4 heterocycles. The van der Waals surface area contributed by atoms with Gasteiger partial charge in [0, 0.05) is 37.0 Å². The van der Waals surface area contributed by atoms with E-state index in [4.69, 9.17) is 5.10 Å². The predicted molar refractivity (Wildman–Crippen MR) is 138 cm³/mol. The topological polar surface area (TPSA) is 89.2 Å². The second-order valence-electron chi connectivity index (χ2n) is 10.3. The lowest BCUT2D eigenvalue weighted by molar-refractivity contribution is 0.224. The third kappa shape index (κ3) is 5.03. The van der Waals surface area contributed by atoms with Crippen molar-refractivity contribution in [3.8, 4) is 0 Å². The van der Waals surface area contributed by atoms with Crippen LogP contribution in [-0.2, 0) is 35.6 Å². The van der Waals surface area contributed by atoms with E-state index in [0.29, 0.717) is 40.8 Å². The van der Waals surface area contributed by atoms with E-state index in [1.807, 2.05) is 6.07 Å². The molecule has 0 atom stereocenters. The summed E-state index contributed by atoms with van der Waals surface area (Å²) in [7, 11) is -3.53. The van der Waals surface area contributed by atoms with Crippen molar-refractivity contribution in [2.75, 3.05) is 11.6 Å². The number of aliphatic imine (C=N–C) groups is 1. The first-order valence-electron chi connectivity index (χ1n) is 12.8. The number of nitrogens with zero attached hydrogens (tertiary/aromatic N) is 4. The van der Waals surface area contributed by atoms with Crippen LogP contribution in [0.3, 0.4) is 0 Å². The Balaban J connectivity index is 1.37. The third-order valence-electron chi connectivity index (χ3n) is 7.28. The van der Waals surface area contributed by atoms with Gasteiger partial charge in [0.2, 0.25) is 0 Å². The first-order chi connectivity index (χ1) is 17.7. The standard InChI is InChI=1S/C27H29F2N5O2S/c1-37(35,36)25-11-17(16-6-7-16)8-9-21(25)31-22-14-18(30-23-15-24(27(28)29)32-26(22)23)12-19-13-20-5-3-2-4-10-34(20)33-19/h8-9,11,13-14,16,27H,2-7,10,12,15H2,1H3,(H,30,31). The van der Waals surface area contributed by atoms with E-state index in [0.717, 1.165) is 49.9 Å². The number of benzene rings is 1. The molecule has 2 aliphatic heterocycles. The van der Waals surface area contributed by atoms with Crippen LogP contribution >= 0.6 is 0 Å². The second kappa shape index (κ2) is 9.31. The zero-order valence-electron chi connectivity index (χ0n) is 20.7. The quantitative estimate of drug-likeness (QED) is 0.439. The Morgan fingerprint density at radius 1 is 1.08 bits per heavy atom. The van der Waals surface area contributed by atoms with E-state index in [9.17, 15) is 17.2 Å². The van der Waals surface area contributed by atoms with Crippen molar-refractivity contribution >= 4 is 32.6 Å². The van der Waals surface area contributed by atoms with Crippen molar-refractivity contribution < 1.29 is 17.2 Å². The van der Waals surface area contributed by atoms with Crippen LogP contribution in [0.1, 0.15) is 66.4 Å². The summed E-state index contributed by atoms with van der Waals surface area (Å²) < 4.78 is 54.5. The molecule has 7 nitrogen and oxygen atoms in total. The maximum absolute atomic E-state index is 13.6. The smallest absolute Gasteiger partial charge is 0.277 e. The minimum absolute atomic E-state index is 0.0330. The lowest BCUT2D eigenvalue weighted by atomic mass is 10.1. The number of pyridine rings is 1. The van der Waals surface area contributed by atoms with Crippen molar-refractivity contribution in [2.24, 2.45) is 4.99 Å². The molecule has 0 spiro atoms. The molecule has 3 aromatic rings. The van der Waals surface area contributed by atoms with Crippen molar-refractivity contribution in [1.82, 2.24) is 14.8 Å². The zero-order chi connectivity index (χ0) is 25.7. The molecule has 1 fully saturated rings. The number of rotatable bonds is 7. The summed E-state index contributed by atoms with van der Waals surface area (Å²) in [6.45, 7) is 0.899. The average Bonchev–Trinajstić information content (AvgIpc) is 3.54. The van der Waals surface area contributed by atoms with Crippen LogP contribution < -0.4 is 5.32 Å². The molecule has 6 rings (SSSR count). The van der Waals surface area contributed by atoms with Gasteiger partial charge in [-0.2, -0.15) is 5.10 Å². The maximum atomic E-state index is 13.6. The Kier molecular flexibility index (Phi) is 6.09. The van der Waals surface area contributed by atoms with Gasteiger partial charge in [-0.25, -0.2) is 22.2 Å². The Bertz CT molecular complexity index is 1490. The van der Waals surface area contributed by atoms with Gasteiger partial charge in [-0.3, -0.25) is 9.67 Å². The lowest BCUT2D eigenvalue weighted by Gasteiger charge is -2.15. The fraction of sp³-hybridized carbons (Fsp3) is 0.444. The highest BCUT2D eigenvalue weighted by Crippen LogP contribution is 2.43. The van der Waals surface area contributed by atoms with Crippen LogP contribution in [0.2, 0.25) is 0 Å². The number of hydrogen-bond acceptors (Lipinski definition) is 6. The van der Waals surface area contributed by atoms with Crippen LogP contribution in [0, 0.1) is 0 Å². The molecule has 1 saturated carbocycles. The van der Waals surface area contributed by atoms with Crippen molar-refractivity contribution in [1.29, 1.82) is 0 Å². The number of halogens is 2. The number of fused-ring (bicyclic) bond motifs is 2. The number of nitrogens with one attached hydrogen (secondary N) is 1. The summed E-state index contributed by atoms with van der Waals surface area (Å²) in [4.78, 5) is 9.04. The molecule has 1 N–H and O–H groups in total. The zero-order valence-corrected chi connectivity index (χ0v) is 21.5. The first kappa shape index (κ1) is 24.2. The molecule has 0 amide bonds. The Morgan fingerprint density at radius 3 is 2.68 bits per heavy atom. The minimum atomic E-state index is -3.53. The van der Waals surface area contributed by atoms with Crippen molar-refractivity contribution in [3.63, 3.8) is 0 Å². The highest BCUT2D eigenvalue weighted by Gasteiger charge is 2.28. The summed E-state index contributed by atoms with van der Waals surface area (Å²) in [5.74, 6) is 0.398. The third-order valence-corrected chi connectivity index (χ3v) is 8.41. The number of aromatic nitrogens is 3. The largest absolute Gasteiger partial charge is 0.353 e. The van der Waals surface area contributed by atoms with Crippen LogP contribution in [0.25, 0.3) is 0 Å². The lowest BCUT2D eigenvalue weighted by Crippen LogP contribution is -2.10. The van der Waals surface area contributed by atoms with Gasteiger partial charge in [-0.1, -0.05) is 12.5 Å². The Hall–Kier alpha value is -3.14. The van der Waals surface area contributed by atoms with Crippen LogP contribution in [-0.4, -0.2) is 41.6 Å². The first-order valence-corrected chi connectivity index (χ1v) is 14.7. The van der Waals surface area contributed by atoms with E-state index in [2.05, 4.69) is 26.0 Å². The van der Waals surface area contributed by atoms with Gasteiger partial charge in [-0.15, -0.1) is 0 Å². The molecule has 10 heteroatoms. The molecule has 194 valence electrons. The number of aryl methyl sites for hydroxylation is 2. The Morgan fingerprint density at radius 2 is 1.92 bits per heavy atom. The van der Waals surface area contributed by atoms with Crippen LogP contribution in [0.5, 0.6) is 0 Å². The fourth-order valence-electron chi connectivity index (χ4n) is 5.25.